The van der Waals surface area contributed by atoms with Crippen molar-refractivity contribution < 1.29 is 22.8 Å². The second-order valence-corrected chi connectivity index (χ2v) is 9.14. The Labute approximate surface area is 158 Å². The van der Waals surface area contributed by atoms with Gasteiger partial charge in [-0.05, 0) is 37.5 Å². The molecule has 0 unspecified atom stereocenters. The van der Waals surface area contributed by atoms with Crippen molar-refractivity contribution in [2.45, 2.75) is 49.0 Å². The zero-order valence-electron chi connectivity index (χ0n) is 15.2. The summed E-state index contributed by atoms with van der Waals surface area (Å²) in [4.78, 5) is 38.0. The first-order valence-electron chi connectivity index (χ1n) is 8.95. The van der Waals surface area contributed by atoms with E-state index in [2.05, 4.69) is 10.6 Å². The van der Waals surface area contributed by atoms with Gasteiger partial charge in [0, 0.05) is 24.9 Å². The first kappa shape index (κ1) is 19.3. The maximum absolute atomic E-state index is 12.5. The van der Waals surface area contributed by atoms with Gasteiger partial charge in [0.2, 0.25) is 5.91 Å². The number of amides is 4. The molecule has 1 spiro atoms. The quantitative estimate of drug-likeness (QED) is 0.714. The van der Waals surface area contributed by atoms with E-state index in [1.807, 2.05) is 0 Å². The van der Waals surface area contributed by atoms with Crippen molar-refractivity contribution in [3.8, 4) is 0 Å². The molecule has 1 saturated carbocycles. The van der Waals surface area contributed by atoms with Gasteiger partial charge in [0.15, 0.2) is 9.84 Å². The number of imide groups is 1. The summed E-state index contributed by atoms with van der Waals surface area (Å²) in [6.07, 6.45) is 4.75. The Morgan fingerprint density at radius 1 is 1.26 bits per heavy atom. The minimum atomic E-state index is -3.35. The van der Waals surface area contributed by atoms with Crippen LogP contribution < -0.4 is 10.6 Å². The Morgan fingerprint density at radius 3 is 2.63 bits per heavy atom. The van der Waals surface area contributed by atoms with Crippen LogP contribution in [0.4, 0.5) is 10.5 Å². The smallest absolute Gasteiger partial charge is 0.325 e. The van der Waals surface area contributed by atoms with Crippen LogP contribution in [0.1, 0.15) is 38.5 Å². The predicted octanol–water partition coefficient (Wildman–Crippen LogP) is 1.67. The third kappa shape index (κ3) is 4.13. The number of nitrogens with zero attached hydrogens (tertiary/aromatic N) is 1. The maximum Gasteiger partial charge on any atom is 0.325 e. The lowest BCUT2D eigenvalue weighted by atomic mass is 9.98. The molecule has 0 bridgehead atoms. The number of hydrogen-bond acceptors (Lipinski definition) is 5. The average Bonchev–Trinajstić information content (AvgIpc) is 3.15. The van der Waals surface area contributed by atoms with E-state index in [9.17, 15) is 22.8 Å². The predicted molar refractivity (Wildman–Crippen MR) is 98.9 cm³/mol. The number of carbonyl (C=O) groups excluding carboxylic acids is 3. The molecule has 0 radical (unpaired) electrons. The molecular weight excluding hydrogens is 370 g/mol. The highest BCUT2D eigenvalue weighted by molar-refractivity contribution is 7.90. The zero-order valence-corrected chi connectivity index (χ0v) is 16.0. The lowest BCUT2D eigenvalue weighted by molar-refractivity contribution is -0.131. The van der Waals surface area contributed by atoms with Crippen LogP contribution >= 0.6 is 0 Å². The topological polar surface area (TPSA) is 113 Å². The summed E-state index contributed by atoms with van der Waals surface area (Å²) in [5.74, 6) is -0.491. The highest BCUT2D eigenvalue weighted by atomic mass is 32.2. The molecule has 2 aliphatic rings. The standard InChI is InChI=1S/C18H23N3O5S/c1-27(25,26)14-7-4-6-13(12-14)19-15(22)8-5-11-21-16(23)18(20-17(21)24)9-2-3-10-18/h4,6-7,12H,2-3,5,8-11H2,1H3,(H,19,22)(H,20,24). The van der Waals surface area contributed by atoms with Crippen molar-refractivity contribution in [3.63, 3.8) is 0 Å². The first-order chi connectivity index (χ1) is 12.7. The van der Waals surface area contributed by atoms with E-state index in [0.717, 1.165) is 19.1 Å². The SMILES string of the molecule is CS(=O)(=O)c1cccc(NC(=O)CCCN2C(=O)NC3(CCCC3)C2=O)c1. The number of hydrogen-bond donors (Lipinski definition) is 2. The fraction of sp³-hybridized carbons (Fsp3) is 0.500. The van der Waals surface area contributed by atoms with Crippen molar-refractivity contribution >= 4 is 33.4 Å². The molecule has 8 nitrogen and oxygen atoms in total. The van der Waals surface area contributed by atoms with Crippen LogP contribution in [-0.2, 0) is 19.4 Å². The van der Waals surface area contributed by atoms with Crippen LogP contribution in [0.5, 0.6) is 0 Å². The van der Waals surface area contributed by atoms with Gasteiger partial charge in [-0.15, -0.1) is 0 Å². The molecule has 0 atom stereocenters. The number of benzene rings is 1. The molecule has 1 aliphatic carbocycles. The highest BCUT2D eigenvalue weighted by Crippen LogP contribution is 2.35. The van der Waals surface area contributed by atoms with Gasteiger partial charge in [-0.1, -0.05) is 18.9 Å². The Balaban J connectivity index is 1.52. The number of urea groups is 1. The fourth-order valence-corrected chi connectivity index (χ4v) is 4.29. The lowest BCUT2D eigenvalue weighted by Gasteiger charge is -2.19. The lowest BCUT2D eigenvalue weighted by Crippen LogP contribution is -2.44. The van der Waals surface area contributed by atoms with Crippen molar-refractivity contribution in [1.29, 1.82) is 0 Å². The second-order valence-electron chi connectivity index (χ2n) is 7.13. The summed E-state index contributed by atoms with van der Waals surface area (Å²) in [6.45, 7) is 0.184. The summed E-state index contributed by atoms with van der Waals surface area (Å²) in [5, 5.41) is 5.45. The van der Waals surface area contributed by atoms with E-state index in [1.54, 1.807) is 12.1 Å². The second kappa shape index (κ2) is 7.30. The van der Waals surface area contributed by atoms with Gasteiger partial charge in [0.1, 0.15) is 5.54 Å². The van der Waals surface area contributed by atoms with Gasteiger partial charge in [0.05, 0.1) is 4.90 Å². The molecule has 0 aromatic heterocycles. The molecule has 146 valence electrons. The molecule has 2 N–H and O–H groups in total. The summed E-state index contributed by atoms with van der Waals surface area (Å²) in [5.41, 5.74) is -0.339. The number of anilines is 1. The van der Waals surface area contributed by atoms with E-state index < -0.39 is 15.4 Å². The van der Waals surface area contributed by atoms with Crippen LogP contribution in [0, 0.1) is 0 Å². The number of carbonyl (C=O) groups is 3. The molecule has 3 rings (SSSR count). The number of rotatable bonds is 6. The summed E-state index contributed by atoms with van der Waals surface area (Å²) < 4.78 is 23.1. The van der Waals surface area contributed by atoms with Crippen molar-refractivity contribution in [3.05, 3.63) is 24.3 Å². The molecule has 9 heteroatoms. The highest BCUT2D eigenvalue weighted by Gasteiger charge is 2.51. The van der Waals surface area contributed by atoms with E-state index in [4.69, 9.17) is 0 Å². The fourth-order valence-electron chi connectivity index (χ4n) is 3.62. The molecule has 4 amide bonds. The van der Waals surface area contributed by atoms with Gasteiger partial charge >= 0.3 is 6.03 Å². The molecule has 1 aromatic rings. The molecule has 27 heavy (non-hydrogen) atoms. The minimum Gasteiger partial charge on any atom is -0.326 e. The Bertz CT molecular complexity index is 875. The van der Waals surface area contributed by atoms with Crippen LogP contribution in [0.25, 0.3) is 0 Å². The number of sulfone groups is 1. The third-order valence-corrected chi connectivity index (χ3v) is 6.14. The summed E-state index contributed by atoms with van der Waals surface area (Å²) >= 11 is 0. The summed E-state index contributed by atoms with van der Waals surface area (Å²) in [7, 11) is -3.35. The van der Waals surface area contributed by atoms with Crippen molar-refractivity contribution in [2.75, 3.05) is 18.1 Å². The van der Waals surface area contributed by atoms with Crippen LogP contribution in [-0.4, -0.2) is 49.5 Å². The Morgan fingerprint density at radius 2 is 1.96 bits per heavy atom. The third-order valence-electron chi connectivity index (χ3n) is 5.03. The van der Waals surface area contributed by atoms with Gasteiger partial charge in [-0.3, -0.25) is 14.5 Å². The summed E-state index contributed by atoms with van der Waals surface area (Å²) in [6, 6.07) is 5.63. The molecule has 1 saturated heterocycles. The Hall–Kier alpha value is -2.42. The Kier molecular flexibility index (Phi) is 5.23. The van der Waals surface area contributed by atoms with Crippen molar-refractivity contribution in [1.82, 2.24) is 10.2 Å². The van der Waals surface area contributed by atoms with E-state index in [0.29, 0.717) is 24.9 Å². The molecule has 1 aromatic carbocycles. The van der Waals surface area contributed by atoms with Gasteiger partial charge in [-0.25, -0.2) is 13.2 Å². The van der Waals surface area contributed by atoms with Crippen LogP contribution in [0.15, 0.2) is 29.2 Å². The molecular formula is C18H23N3O5S. The normalized spacial score (nSPS) is 18.8. The van der Waals surface area contributed by atoms with E-state index in [-0.39, 0.29) is 35.7 Å². The zero-order chi connectivity index (χ0) is 19.7. The minimum absolute atomic E-state index is 0.118. The van der Waals surface area contributed by atoms with Gasteiger partial charge in [-0.2, -0.15) is 0 Å². The number of nitrogens with one attached hydrogen (secondary N) is 2. The first-order valence-corrected chi connectivity index (χ1v) is 10.8. The molecule has 1 aliphatic heterocycles. The molecule has 2 fully saturated rings. The van der Waals surface area contributed by atoms with E-state index >= 15 is 0 Å². The monoisotopic (exact) mass is 393 g/mol. The average molecular weight is 393 g/mol. The van der Waals surface area contributed by atoms with Crippen LogP contribution in [0.2, 0.25) is 0 Å². The van der Waals surface area contributed by atoms with E-state index in [1.165, 1.54) is 17.0 Å². The van der Waals surface area contributed by atoms with Gasteiger partial charge in [0.25, 0.3) is 5.91 Å². The van der Waals surface area contributed by atoms with Crippen molar-refractivity contribution in [2.24, 2.45) is 0 Å². The van der Waals surface area contributed by atoms with Crippen LogP contribution in [0.3, 0.4) is 0 Å². The largest absolute Gasteiger partial charge is 0.326 e. The van der Waals surface area contributed by atoms with Gasteiger partial charge < -0.3 is 10.6 Å². The molecule has 1 heterocycles. The maximum atomic E-state index is 12.5.